The summed E-state index contributed by atoms with van der Waals surface area (Å²) in [5.74, 6) is -0.00810. The number of rotatable bonds is 5. The zero-order valence-corrected chi connectivity index (χ0v) is 8.90. The Bertz CT molecular complexity index is 192. The molecule has 0 spiro atoms. The zero-order chi connectivity index (χ0) is 10.6. The molecule has 1 aliphatic rings. The van der Waals surface area contributed by atoms with Crippen LogP contribution in [0.2, 0.25) is 0 Å². The van der Waals surface area contributed by atoms with E-state index in [1.165, 1.54) is 13.5 Å². The second-order valence-corrected chi connectivity index (χ2v) is 3.72. The molecule has 0 aromatic carbocycles. The van der Waals surface area contributed by atoms with Crippen molar-refractivity contribution >= 4 is 5.91 Å². The second kappa shape index (κ2) is 5.32. The van der Waals surface area contributed by atoms with Gasteiger partial charge in [0, 0.05) is 19.7 Å². The Kier molecular flexibility index (Phi) is 4.35. The number of hydrogen-bond donors (Lipinski definition) is 1. The summed E-state index contributed by atoms with van der Waals surface area (Å²) in [5, 5.41) is 8.87. The lowest BCUT2D eigenvalue weighted by Crippen LogP contribution is -2.49. The third-order valence-corrected chi connectivity index (χ3v) is 2.84. The molecule has 1 amide bonds. The zero-order valence-electron chi connectivity index (χ0n) is 8.90. The fraction of sp³-hybridized carbons (Fsp3) is 0.900. The van der Waals surface area contributed by atoms with Crippen LogP contribution in [-0.2, 0) is 9.53 Å². The molecule has 1 saturated carbocycles. The fourth-order valence-electron chi connectivity index (χ4n) is 1.61. The van der Waals surface area contributed by atoms with Crippen LogP contribution in [0.1, 0.15) is 26.2 Å². The first-order chi connectivity index (χ1) is 6.70. The summed E-state index contributed by atoms with van der Waals surface area (Å²) in [6, 6.07) is 0.326. The van der Waals surface area contributed by atoms with Gasteiger partial charge in [0.2, 0.25) is 0 Å². The number of ether oxygens (including phenoxy) is 1. The van der Waals surface area contributed by atoms with E-state index in [0.717, 1.165) is 12.8 Å². The third-order valence-electron chi connectivity index (χ3n) is 2.84. The van der Waals surface area contributed by atoms with Crippen LogP contribution in [0.15, 0.2) is 0 Å². The molecule has 0 aliphatic heterocycles. The van der Waals surface area contributed by atoms with Crippen LogP contribution in [-0.4, -0.2) is 48.3 Å². The van der Waals surface area contributed by atoms with Crippen molar-refractivity contribution in [3.63, 3.8) is 0 Å². The first kappa shape index (κ1) is 11.5. The van der Waals surface area contributed by atoms with Crippen molar-refractivity contribution in [1.82, 2.24) is 4.90 Å². The number of carbonyl (C=O) groups excluding carboxylic acids is 1. The van der Waals surface area contributed by atoms with E-state index in [1.807, 2.05) is 0 Å². The lowest BCUT2D eigenvalue weighted by Gasteiger charge is -2.38. The minimum absolute atomic E-state index is 0.00810. The maximum Gasteiger partial charge on any atom is 0.251 e. The lowest BCUT2D eigenvalue weighted by molar-refractivity contribution is -0.145. The summed E-state index contributed by atoms with van der Waals surface area (Å²) in [6.45, 7) is 2.20. The average Bonchev–Trinajstić information content (AvgIpc) is 2.12. The summed E-state index contributed by atoms with van der Waals surface area (Å²) in [7, 11) is 1.53. The maximum absolute atomic E-state index is 11.8. The molecule has 4 nitrogen and oxygen atoms in total. The molecular weight excluding hydrogens is 182 g/mol. The molecular formula is C10H19NO3. The SMILES string of the molecule is COC(C)C(=O)N(CCO)C1CCC1. The van der Waals surface area contributed by atoms with E-state index in [4.69, 9.17) is 9.84 Å². The molecule has 1 atom stereocenters. The summed E-state index contributed by atoms with van der Waals surface area (Å²) >= 11 is 0. The number of methoxy groups -OCH3 is 1. The van der Waals surface area contributed by atoms with Crippen LogP contribution >= 0.6 is 0 Å². The standard InChI is InChI=1S/C10H19NO3/c1-8(14-2)10(13)11(6-7-12)9-4-3-5-9/h8-9,12H,3-7H2,1-2H3. The quantitative estimate of drug-likeness (QED) is 0.700. The predicted molar refractivity (Wildman–Crippen MR) is 52.9 cm³/mol. The number of amides is 1. The molecule has 1 unspecified atom stereocenters. The van der Waals surface area contributed by atoms with Crippen molar-refractivity contribution in [1.29, 1.82) is 0 Å². The van der Waals surface area contributed by atoms with E-state index < -0.39 is 6.10 Å². The molecule has 1 aliphatic carbocycles. The van der Waals surface area contributed by atoms with Gasteiger partial charge in [-0.1, -0.05) is 0 Å². The van der Waals surface area contributed by atoms with Gasteiger partial charge in [-0.15, -0.1) is 0 Å². The van der Waals surface area contributed by atoms with E-state index in [-0.39, 0.29) is 12.5 Å². The van der Waals surface area contributed by atoms with E-state index in [2.05, 4.69) is 0 Å². The van der Waals surface area contributed by atoms with Crippen molar-refractivity contribution in [2.24, 2.45) is 0 Å². The Hall–Kier alpha value is -0.610. The third kappa shape index (κ3) is 2.45. The van der Waals surface area contributed by atoms with Gasteiger partial charge in [-0.05, 0) is 26.2 Å². The monoisotopic (exact) mass is 201 g/mol. The number of hydrogen-bond acceptors (Lipinski definition) is 3. The Morgan fingerprint density at radius 2 is 2.29 bits per heavy atom. The molecule has 82 valence electrons. The molecule has 0 bridgehead atoms. The molecule has 14 heavy (non-hydrogen) atoms. The van der Waals surface area contributed by atoms with Gasteiger partial charge in [-0.2, -0.15) is 0 Å². The summed E-state index contributed by atoms with van der Waals surface area (Å²) < 4.78 is 4.99. The van der Waals surface area contributed by atoms with Gasteiger partial charge in [-0.25, -0.2) is 0 Å². The van der Waals surface area contributed by atoms with E-state index in [9.17, 15) is 4.79 Å². The Balaban J connectivity index is 2.51. The highest BCUT2D eigenvalue weighted by atomic mass is 16.5. The van der Waals surface area contributed by atoms with Gasteiger partial charge in [0.25, 0.3) is 5.91 Å². The molecule has 0 radical (unpaired) electrons. The highest BCUT2D eigenvalue weighted by Crippen LogP contribution is 2.25. The van der Waals surface area contributed by atoms with Gasteiger partial charge < -0.3 is 14.7 Å². The smallest absolute Gasteiger partial charge is 0.251 e. The Labute approximate surface area is 84.8 Å². The molecule has 1 rings (SSSR count). The molecule has 0 aromatic heterocycles. The fourth-order valence-corrected chi connectivity index (χ4v) is 1.61. The van der Waals surface area contributed by atoms with Crippen LogP contribution in [0.5, 0.6) is 0 Å². The molecule has 4 heteroatoms. The minimum Gasteiger partial charge on any atom is -0.395 e. The minimum atomic E-state index is -0.401. The lowest BCUT2D eigenvalue weighted by atomic mass is 9.91. The van der Waals surface area contributed by atoms with Crippen molar-refractivity contribution < 1.29 is 14.6 Å². The van der Waals surface area contributed by atoms with Crippen molar-refractivity contribution in [3.05, 3.63) is 0 Å². The average molecular weight is 201 g/mol. The van der Waals surface area contributed by atoms with Crippen LogP contribution in [0.3, 0.4) is 0 Å². The van der Waals surface area contributed by atoms with Gasteiger partial charge in [0.15, 0.2) is 0 Å². The van der Waals surface area contributed by atoms with Crippen LogP contribution in [0.25, 0.3) is 0 Å². The Morgan fingerprint density at radius 3 is 2.64 bits per heavy atom. The van der Waals surface area contributed by atoms with Crippen molar-refractivity contribution in [2.45, 2.75) is 38.3 Å². The van der Waals surface area contributed by atoms with Gasteiger partial charge in [0.05, 0.1) is 6.61 Å². The first-order valence-corrected chi connectivity index (χ1v) is 5.14. The van der Waals surface area contributed by atoms with Gasteiger partial charge >= 0.3 is 0 Å². The van der Waals surface area contributed by atoms with E-state index >= 15 is 0 Å². The van der Waals surface area contributed by atoms with E-state index in [0.29, 0.717) is 12.6 Å². The largest absolute Gasteiger partial charge is 0.395 e. The van der Waals surface area contributed by atoms with Crippen molar-refractivity contribution in [2.75, 3.05) is 20.3 Å². The number of aliphatic hydroxyl groups excluding tert-OH is 1. The van der Waals surface area contributed by atoms with Crippen LogP contribution in [0.4, 0.5) is 0 Å². The van der Waals surface area contributed by atoms with Crippen molar-refractivity contribution in [3.8, 4) is 0 Å². The van der Waals surface area contributed by atoms with Crippen LogP contribution in [0, 0.1) is 0 Å². The first-order valence-electron chi connectivity index (χ1n) is 5.14. The summed E-state index contributed by atoms with van der Waals surface area (Å²) in [4.78, 5) is 13.5. The van der Waals surface area contributed by atoms with Gasteiger partial charge in [0.1, 0.15) is 6.10 Å². The number of carbonyl (C=O) groups is 1. The molecule has 0 heterocycles. The Morgan fingerprint density at radius 1 is 1.64 bits per heavy atom. The molecule has 0 aromatic rings. The molecule has 1 N–H and O–H groups in total. The summed E-state index contributed by atoms with van der Waals surface area (Å²) in [6.07, 6.45) is 2.90. The highest BCUT2D eigenvalue weighted by Gasteiger charge is 2.30. The number of aliphatic hydroxyl groups is 1. The second-order valence-electron chi connectivity index (χ2n) is 3.72. The highest BCUT2D eigenvalue weighted by molar-refractivity contribution is 5.80. The number of nitrogens with zero attached hydrogens (tertiary/aromatic N) is 1. The maximum atomic E-state index is 11.8. The molecule has 0 saturated heterocycles. The predicted octanol–water partition coefficient (Wildman–Crippen LogP) is 0.395. The van der Waals surface area contributed by atoms with Crippen LogP contribution < -0.4 is 0 Å². The normalized spacial score (nSPS) is 18.8. The van der Waals surface area contributed by atoms with Gasteiger partial charge in [-0.3, -0.25) is 4.79 Å². The topological polar surface area (TPSA) is 49.8 Å². The molecule has 1 fully saturated rings. The summed E-state index contributed by atoms with van der Waals surface area (Å²) in [5.41, 5.74) is 0. The van der Waals surface area contributed by atoms with E-state index in [1.54, 1.807) is 11.8 Å².